The molecule has 0 N–H and O–H groups in total. The van der Waals surface area contributed by atoms with Gasteiger partial charge in [0, 0.05) is 5.33 Å². The van der Waals surface area contributed by atoms with Gasteiger partial charge in [-0.3, -0.25) is 0 Å². The quantitative estimate of drug-likeness (QED) is 0.544. The number of allylic oxidation sites excluding steroid dienone is 1. The van der Waals surface area contributed by atoms with E-state index in [0.29, 0.717) is 0 Å². The van der Waals surface area contributed by atoms with Gasteiger partial charge in [0.05, 0.1) is 0 Å². The molecular weight excluding hydrogens is 212 g/mol. The molecule has 1 aromatic carbocycles. The fourth-order valence-corrected chi connectivity index (χ4v) is 1.83. The van der Waals surface area contributed by atoms with E-state index in [0.717, 1.165) is 11.8 Å². The Balaban J connectivity index is 2.93. The predicted octanol–water partition coefficient (Wildman–Crippen LogP) is 3.62. The molecule has 0 saturated heterocycles. The molecule has 1 rings (SSSR count). The number of alkyl halides is 1. The van der Waals surface area contributed by atoms with Crippen LogP contribution in [0.3, 0.4) is 0 Å². The van der Waals surface area contributed by atoms with E-state index >= 15 is 0 Å². The van der Waals surface area contributed by atoms with Crippen molar-refractivity contribution in [3.8, 4) is 0 Å². The van der Waals surface area contributed by atoms with Crippen molar-refractivity contribution >= 4 is 15.9 Å². The minimum absolute atomic E-state index is 0.938. The van der Waals surface area contributed by atoms with Gasteiger partial charge in [-0.2, -0.15) is 0 Å². The molecule has 0 saturated carbocycles. The summed E-state index contributed by atoms with van der Waals surface area (Å²) < 4.78 is 0. The maximum Gasteiger partial charge on any atom is 0.0285 e. The van der Waals surface area contributed by atoms with E-state index < -0.39 is 0 Å². The maximum atomic E-state index is 3.72. The first-order valence-corrected chi connectivity index (χ1v) is 5.15. The lowest BCUT2D eigenvalue weighted by atomic mass is 10.0. The van der Waals surface area contributed by atoms with E-state index in [-0.39, 0.29) is 0 Å². The molecule has 0 aliphatic heterocycles. The zero-order valence-corrected chi connectivity index (χ0v) is 8.89. The molecule has 0 nitrogen and oxygen atoms in total. The Kier molecular flexibility index (Phi) is 3.54. The summed E-state index contributed by atoms with van der Waals surface area (Å²) in [5.41, 5.74) is 4.06. The monoisotopic (exact) mass is 224 g/mol. The normalized spacial score (nSPS) is 9.83. The molecule has 0 bridgehead atoms. The Labute approximate surface area is 82.4 Å². The van der Waals surface area contributed by atoms with Gasteiger partial charge in [0.1, 0.15) is 0 Å². The number of hydrogen-bond acceptors (Lipinski definition) is 0. The number of rotatable bonds is 3. The maximum absolute atomic E-state index is 3.72. The summed E-state index contributed by atoms with van der Waals surface area (Å²) in [7, 11) is 0. The van der Waals surface area contributed by atoms with E-state index in [1.165, 1.54) is 16.7 Å². The highest BCUT2D eigenvalue weighted by Crippen LogP contribution is 2.14. The molecule has 0 unspecified atom stereocenters. The smallest absolute Gasteiger partial charge is 0.0285 e. The first-order valence-electron chi connectivity index (χ1n) is 4.03. The lowest BCUT2D eigenvalue weighted by Gasteiger charge is -2.03. The fourth-order valence-electron chi connectivity index (χ4n) is 1.20. The van der Waals surface area contributed by atoms with E-state index in [4.69, 9.17) is 0 Å². The van der Waals surface area contributed by atoms with Gasteiger partial charge < -0.3 is 0 Å². The number of halogens is 1. The first-order chi connectivity index (χ1) is 5.77. The second-order valence-electron chi connectivity index (χ2n) is 2.89. The SMILES string of the molecule is C=CCc1ccc(CBr)c(C)c1. The molecule has 0 radical (unpaired) electrons. The van der Waals surface area contributed by atoms with Crippen molar-refractivity contribution in [2.75, 3.05) is 0 Å². The van der Waals surface area contributed by atoms with Crippen molar-refractivity contribution in [2.24, 2.45) is 0 Å². The molecule has 1 heteroatoms. The van der Waals surface area contributed by atoms with E-state index in [1.54, 1.807) is 0 Å². The van der Waals surface area contributed by atoms with Gasteiger partial charge in [0.15, 0.2) is 0 Å². The van der Waals surface area contributed by atoms with Crippen molar-refractivity contribution in [1.29, 1.82) is 0 Å². The van der Waals surface area contributed by atoms with Crippen molar-refractivity contribution in [2.45, 2.75) is 18.7 Å². The molecular formula is C11H13Br. The summed E-state index contributed by atoms with van der Waals surface area (Å²) in [4.78, 5) is 0. The van der Waals surface area contributed by atoms with Gasteiger partial charge in [-0.25, -0.2) is 0 Å². The van der Waals surface area contributed by atoms with Crippen LogP contribution in [0.15, 0.2) is 30.9 Å². The molecule has 12 heavy (non-hydrogen) atoms. The average molecular weight is 225 g/mol. The summed E-state index contributed by atoms with van der Waals surface area (Å²) in [5.74, 6) is 0. The topological polar surface area (TPSA) is 0 Å². The third kappa shape index (κ3) is 2.21. The number of aryl methyl sites for hydroxylation is 1. The summed E-state index contributed by atoms with van der Waals surface area (Å²) >= 11 is 3.45. The fraction of sp³-hybridized carbons (Fsp3) is 0.273. The van der Waals surface area contributed by atoms with Crippen LogP contribution < -0.4 is 0 Å². The highest BCUT2D eigenvalue weighted by molar-refractivity contribution is 9.08. The highest BCUT2D eigenvalue weighted by atomic mass is 79.9. The van der Waals surface area contributed by atoms with Crippen LogP contribution in [0, 0.1) is 6.92 Å². The first kappa shape index (κ1) is 9.53. The molecule has 0 fully saturated rings. The van der Waals surface area contributed by atoms with E-state index in [9.17, 15) is 0 Å². The molecule has 0 aliphatic rings. The lowest BCUT2D eigenvalue weighted by Crippen LogP contribution is -1.87. The molecule has 0 aromatic heterocycles. The van der Waals surface area contributed by atoms with Crippen LogP contribution in [0.1, 0.15) is 16.7 Å². The van der Waals surface area contributed by atoms with Gasteiger partial charge in [0.25, 0.3) is 0 Å². The Morgan fingerprint density at radius 1 is 1.50 bits per heavy atom. The van der Waals surface area contributed by atoms with Crippen LogP contribution in [0.5, 0.6) is 0 Å². The minimum Gasteiger partial charge on any atom is -0.103 e. The van der Waals surface area contributed by atoms with Gasteiger partial charge >= 0.3 is 0 Å². The van der Waals surface area contributed by atoms with E-state index in [2.05, 4.69) is 47.6 Å². The van der Waals surface area contributed by atoms with Crippen LogP contribution in [0.4, 0.5) is 0 Å². The third-order valence-electron chi connectivity index (χ3n) is 1.93. The Morgan fingerprint density at radius 3 is 2.75 bits per heavy atom. The molecule has 0 amide bonds. The molecule has 1 aromatic rings. The zero-order chi connectivity index (χ0) is 8.97. The zero-order valence-electron chi connectivity index (χ0n) is 7.31. The standard InChI is InChI=1S/C11H13Br/c1-3-4-10-5-6-11(8-12)9(2)7-10/h3,5-7H,1,4,8H2,2H3. The second-order valence-corrected chi connectivity index (χ2v) is 3.45. The van der Waals surface area contributed by atoms with Crippen LogP contribution in [0.2, 0.25) is 0 Å². The summed E-state index contributed by atoms with van der Waals surface area (Å²) in [6.45, 7) is 5.86. The molecule has 0 atom stereocenters. The van der Waals surface area contributed by atoms with Crippen LogP contribution >= 0.6 is 15.9 Å². The second kappa shape index (κ2) is 4.46. The number of hydrogen-bond donors (Lipinski definition) is 0. The van der Waals surface area contributed by atoms with Crippen LogP contribution in [-0.2, 0) is 11.8 Å². The summed E-state index contributed by atoms with van der Waals surface area (Å²) in [5, 5.41) is 0.938. The van der Waals surface area contributed by atoms with Gasteiger partial charge in [-0.1, -0.05) is 40.2 Å². The van der Waals surface area contributed by atoms with Crippen molar-refractivity contribution in [3.63, 3.8) is 0 Å². The summed E-state index contributed by atoms with van der Waals surface area (Å²) in [6.07, 6.45) is 2.89. The lowest BCUT2D eigenvalue weighted by molar-refractivity contribution is 1.22. The van der Waals surface area contributed by atoms with Gasteiger partial charge in [0.2, 0.25) is 0 Å². The van der Waals surface area contributed by atoms with Crippen molar-refractivity contribution < 1.29 is 0 Å². The Hall–Kier alpha value is -0.560. The van der Waals surface area contributed by atoms with Gasteiger partial charge in [-0.05, 0) is 30.0 Å². The third-order valence-corrected chi connectivity index (χ3v) is 2.54. The molecule has 0 spiro atoms. The minimum atomic E-state index is 0.938. The predicted molar refractivity (Wildman–Crippen MR) is 57.7 cm³/mol. The highest BCUT2D eigenvalue weighted by Gasteiger charge is 1.96. The average Bonchev–Trinajstić information content (AvgIpc) is 2.05. The Morgan fingerprint density at radius 2 is 2.25 bits per heavy atom. The van der Waals surface area contributed by atoms with Crippen molar-refractivity contribution in [1.82, 2.24) is 0 Å². The van der Waals surface area contributed by atoms with E-state index in [1.807, 2.05) is 6.08 Å². The largest absolute Gasteiger partial charge is 0.103 e. The molecule has 0 aliphatic carbocycles. The molecule has 64 valence electrons. The van der Waals surface area contributed by atoms with Crippen LogP contribution in [-0.4, -0.2) is 0 Å². The molecule has 0 heterocycles. The summed E-state index contributed by atoms with van der Waals surface area (Å²) in [6, 6.07) is 6.55. The van der Waals surface area contributed by atoms with Gasteiger partial charge in [-0.15, -0.1) is 6.58 Å². The Bertz CT molecular complexity index is 276. The van der Waals surface area contributed by atoms with Crippen molar-refractivity contribution in [3.05, 3.63) is 47.5 Å². The number of benzene rings is 1. The van der Waals surface area contributed by atoms with Crippen LogP contribution in [0.25, 0.3) is 0 Å².